The number of esters is 1. The normalized spacial score (nSPS) is 19.1. The van der Waals surface area contributed by atoms with E-state index >= 15 is 0 Å². The van der Waals surface area contributed by atoms with Gasteiger partial charge in [-0.25, -0.2) is 4.79 Å². The fourth-order valence-electron chi connectivity index (χ4n) is 3.71. The molecule has 0 saturated carbocycles. The van der Waals surface area contributed by atoms with E-state index in [1.807, 2.05) is 12.1 Å². The number of fused-ring (bicyclic) bond motifs is 6. The van der Waals surface area contributed by atoms with Crippen LogP contribution in [0.1, 0.15) is 27.0 Å². The topological polar surface area (TPSA) is 76.0 Å². The smallest absolute Gasteiger partial charge is 0.340 e. The third-order valence-corrected chi connectivity index (χ3v) is 6.20. The molecule has 1 unspecified atom stereocenters. The molecule has 2 aliphatic heterocycles. The van der Waals surface area contributed by atoms with E-state index in [9.17, 15) is 15.0 Å². The largest absolute Gasteiger partial charge is 0.508 e. The number of hydrogen-bond acceptors (Lipinski definition) is 5. The van der Waals surface area contributed by atoms with Crippen LogP contribution in [0.4, 0.5) is 0 Å². The van der Waals surface area contributed by atoms with E-state index in [1.165, 1.54) is 12.1 Å². The maximum atomic E-state index is 12.7. The molecule has 27 heavy (non-hydrogen) atoms. The van der Waals surface area contributed by atoms with E-state index in [0.717, 1.165) is 0 Å². The second-order valence-corrected chi connectivity index (χ2v) is 7.94. The maximum Gasteiger partial charge on any atom is 0.340 e. The van der Waals surface area contributed by atoms with E-state index in [2.05, 4.69) is 31.9 Å². The first-order valence-electron chi connectivity index (χ1n) is 7.99. The number of aromatic hydroxyl groups is 2. The van der Waals surface area contributed by atoms with Gasteiger partial charge in [-0.05, 0) is 56.1 Å². The predicted molar refractivity (Wildman–Crippen MR) is 103 cm³/mol. The summed E-state index contributed by atoms with van der Waals surface area (Å²) in [6.07, 6.45) is 0. The molecule has 0 amide bonds. The van der Waals surface area contributed by atoms with E-state index < -0.39 is 11.6 Å². The SMILES string of the molecule is O=C1OC2(c3ccc(O)cc3Oc3c2cc(Br)c(O)c3Br)c2ccccc21. The zero-order chi connectivity index (χ0) is 18.9. The van der Waals surface area contributed by atoms with Crippen molar-refractivity contribution in [3.8, 4) is 23.0 Å². The summed E-state index contributed by atoms with van der Waals surface area (Å²) in [5.74, 6) is 0.193. The maximum absolute atomic E-state index is 12.7. The van der Waals surface area contributed by atoms with Crippen molar-refractivity contribution in [2.75, 3.05) is 0 Å². The third-order valence-electron chi connectivity index (χ3n) is 4.86. The molecule has 0 radical (unpaired) electrons. The fraction of sp³-hybridized carbons (Fsp3) is 0.0500. The van der Waals surface area contributed by atoms with Crippen LogP contribution in [0.25, 0.3) is 0 Å². The Bertz CT molecular complexity index is 1160. The van der Waals surface area contributed by atoms with Crippen LogP contribution in [0.2, 0.25) is 0 Å². The second-order valence-electron chi connectivity index (χ2n) is 6.30. The van der Waals surface area contributed by atoms with E-state index in [0.29, 0.717) is 42.7 Å². The van der Waals surface area contributed by atoms with Crippen LogP contribution < -0.4 is 4.74 Å². The quantitative estimate of drug-likeness (QED) is 0.425. The molecule has 1 spiro atoms. The summed E-state index contributed by atoms with van der Waals surface area (Å²) in [6.45, 7) is 0. The Hall–Kier alpha value is -2.51. The van der Waals surface area contributed by atoms with Crippen LogP contribution >= 0.6 is 31.9 Å². The van der Waals surface area contributed by atoms with Crippen LogP contribution in [-0.4, -0.2) is 16.2 Å². The number of halogens is 2. The molecular weight excluding hydrogens is 480 g/mol. The molecule has 2 aliphatic rings. The van der Waals surface area contributed by atoms with Crippen molar-refractivity contribution in [3.63, 3.8) is 0 Å². The Kier molecular flexibility index (Phi) is 3.39. The first kappa shape index (κ1) is 16.6. The first-order valence-corrected chi connectivity index (χ1v) is 9.57. The van der Waals surface area contributed by atoms with Crippen LogP contribution in [-0.2, 0) is 10.3 Å². The van der Waals surface area contributed by atoms with Crippen molar-refractivity contribution >= 4 is 37.8 Å². The molecule has 0 saturated heterocycles. The summed E-state index contributed by atoms with van der Waals surface area (Å²) >= 11 is 6.71. The van der Waals surface area contributed by atoms with Gasteiger partial charge in [0, 0.05) is 17.2 Å². The van der Waals surface area contributed by atoms with Crippen molar-refractivity contribution < 1.29 is 24.5 Å². The van der Waals surface area contributed by atoms with E-state index in [-0.39, 0.29) is 11.5 Å². The van der Waals surface area contributed by atoms with Gasteiger partial charge in [-0.1, -0.05) is 18.2 Å². The molecule has 7 heteroatoms. The number of carbonyl (C=O) groups is 1. The van der Waals surface area contributed by atoms with Gasteiger partial charge in [-0.2, -0.15) is 0 Å². The van der Waals surface area contributed by atoms with Crippen molar-refractivity contribution in [1.82, 2.24) is 0 Å². The molecule has 2 heterocycles. The lowest BCUT2D eigenvalue weighted by Gasteiger charge is -2.37. The Balaban J connectivity index is 1.95. The molecule has 134 valence electrons. The van der Waals surface area contributed by atoms with Gasteiger partial charge in [-0.15, -0.1) is 0 Å². The van der Waals surface area contributed by atoms with Gasteiger partial charge in [0.1, 0.15) is 21.7 Å². The predicted octanol–water partition coefficient (Wildman–Crippen LogP) is 5.19. The van der Waals surface area contributed by atoms with Crippen molar-refractivity contribution in [2.45, 2.75) is 5.60 Å². The van der Waals surface area contributed by atoms with Gasteiger partial charge in [0.25, 0.3) is 0 Å². The molecule has 5 nitrogen and oxygen atoms in total. The molecule has 0 bridgehead atoms. The number of carbonyl (C=O) groups excluding carboxylic acids is 1. The third kappa shape index (κ3) is 2.06. The minimum atomic E-state index is -1.25. The molecule has 0 aromatic heterocycles. The highest BCUT2D eigenvalue weighted by Crippen LogP contribution is 2.59. The Morgan fingerprint density at radius 1 is 0.926 bits per heavy atom. The lowest BCUT2D eigenvalue weighted by atomic mass is 9.77. The average Bonchev–Trinajstić information content (AvgIpc) is 2.95. The number of benzene rings is 3. The first-order chi connectivity index (χ1) is 12.9. The minimum Gasteiger partial charge on any atom is -0.508 e. The Labute approximate surface area is 170 Å². The summed E-state index contributed by atoms with van der Waals surface area (Å²) in [7, 11) is 0. The minimum absolute atomic E-state index is 0.0161. The molecule has 3 aromatic carbocycles. The Morgan fingerprint density at radius 2 is 1.70 bits per heavy atom. The van der Waals surface area contributed by atoms with E-state index in [4.69, 9.17) is 9.47 Å². The fourth-order valence-corrected chi connectivity index (χ4v) is 4.91. The molecular formula is C20H10Br2O5. The molecule has 0 fully saturated rings. The van der Waals surface area contributed by atoms with E-state index in [1.54, 1.807) is 24.3 Å². The number of phenolic OH excluding ortho intramolecular Hbond substituents is 2. The summed E-state index contributed by atoms with van der Waals surface area (Å²) in [4.78, 5) is 12.7. The molecule has 0 aliphatic carbocycles. The van der Waals surface area contributed by atoms with Gasteiger partial charge in [0.05, 0.1) is 15.6 Å². The highest BCUT2D eigenvalue weighted by atomic mass is 79.9. The lowest BCUT2D eigenvalue weighted by molar-refractivity contribution is 0.0223. The van der Waals surface area contributed by atoms with Crippen molar-refractivity contribution in [3.05, 3.63) is 79.7 Å². The average molecular weight is 490 g/mol. The van der Waals surface area contributed by atoms with Gasteiger partial charge in [0.2, 0.25) is 0 Å². The van der Waals surface area contributed by atoms with Crippen LogP contribution in [0, 0.1) is 0 Å². The van der Waals surface area contributed by atoms with Gasteiger partial charge < -0.3 is 19.7 Å². The van der Waals surface area contributed by atoms with Crippen LogP contribution in [0.5, 0.6) is 23.0 Å². The molecule has 5 rings (SSSR count). The van der Waals surface area contributed by atoms with Gasteiger partial charge in [0.15, 0.2) is 11.4 Å². The summed E-state index contributed by atoms with van der Waals surface area (Å²) < 4.78 is 12.7. The summed E-state index contributed by atoms with van der Waals surface area (Å²) in [5.41, 5.74) is 1.05. The van der Waals surface area contributed by atoms with Gasteiger partial charge in [-0.3, -0.25) is 0 Å². The highest BCUT2D eigenvalue weighted by molar-refractivity contribution is 9.11. The number of rotatable bonds is 0. The van der Waals surface area contributed by atoms with Crippen molar-refractivity contribution in [2.24, 2.45) is 0 Å². The molecule has 1 atom stereocenters. The van der Waals surface area contributed by atoms with Gasteiger partial charge >= 0.3 is 5.97 Å². The molecule has 3 aromatic rings. The van der Waals surface area contributed by atoms with Crippen LogP contribution in [0.15, 0.2) is 57.5 Å². The lowest BCUT2D eigenvalue weighted by Crippen LogP contribution is -2.33. The van der Waals surface area contributed by atoms with Crippen LogP contribution in [0.3, 0.4) is 0 Å². The number of hydrogen-bond donors (Lipinski definition) is 2. The zero-order valence-electron chi connectivity index (χ0n) is 13.5. The molecule has 2 N–H and O–H groups in total. The Morgan fingerprint density at radius 3 is 2.52 bits per heavy atom. The van der Waals surface area contributed by atoms with Crippen molar-refractivity contribution in [1.29, 1.82) is 0 Å². The zero-order valence-corrected chi connectivity index (χ0v) is 16.7. The summed E-state index contributed by atoms with van der Waals surface area (Å²) in [6, 6.07) is 13.5. The number of phenols is 2. The number of ether oxygens (including phenoxy) is 2. The highest BCUT2D eigenvalue weighted by Gasteiger charge is 2.54. The summed E-state index contributed by atoms with van der Waals surface area (Å²) in [5, 5.41) is 20.2. The standard InChI is InChI=1S/C20H10Br2O5/c21-14-8-13-18(16(22)17(14)24)26-15-7-9(23)5-6-12(15)20(13)11-4-2-1-3-10(11)19(25)27-20/h1-8,23-24H. The second kappa shape index (κ2) is 5.50. The monoisotopic (exact) mass is 488 g/mol.